The quantitative estimate of drug-likeness (QED) is 0.809. The van der Waals surface area contributed by atoms with Gasteiger partial charge in [-0.2, -0.15) is 0 Å². The Hall–Kier alpha value is -0.730. The van der Waals surface area contributed by atoms with Gasteiger partial charge in [-0.25, -0.2) is 0 Å². The molecule has 0 bridgehead atoms. The molecule has 0 aliphatic rings. The summed E-state index contributed by atoms with van der Waals surface area (Å²) in [4.78, 5) is 0. The zero-order valence-corrected chi connectivity index (χ0v) is 8.29. The van der Waals surface area contributed by atoms with E-state index in [1.807, 2.05) is 19.1 Å². The number of rotatable bonds is 4. The molecule has 1 N–H and O–H groups in total. The molecule has 0 heterocycles. The van der Waals surface area contributed by atoms with E-state index in [4.69, 9.17) is 16.3 Å². The first-order valence-corrected chi connectivity index (χ1v) is 4.66. The van der Waals surface area contributed by atoms with Crippen molar-refractivity contribution in [1.29, 1.82) is 0 Å². The topological polar surface area (TPSA) is 29.5 Å². The van der Waals surface area contributed by atoms with Gasteiger partial charge >= 0.3 is 0 Å². The normalized spacial score (nSPS) is 12.5. The minimum Gasteiger partial charge on any atom is -0.491 e. The molecule has 0 fully saturated rings. The van der Waals surface area contributed by atoms with E-state index in [2.05, 4.69) is 0 Å². The first-order valence-electron chi connectivity index (χ1n) is 4.28. The van der Waals surface area contributed by atoms with E-state index >= 15 is 0 Å². The van der Waals surface area contributed by atoms with Crippen LogP contribution in [0.3, 0.4) is 0 Å². The molecule has 1 aromatic carbocycles. The first kappa shape index (κ1) is 10.4. The summed E-state index contributed by atoms with van der Waals surface area (Å²) in [6.45, 7) is 2.23. The van der Waals surface area contributed by atoms with Crippen LogP contribution in [0.4, 0.5) is 0 Å². The van der Waals surface area contributed by atoms with Crippen LogP contribution in [-0.2, 0) is 0 Å². The minimum absolute atomic E-state index is 0.316. The number of hydrogen-bond acceptors (Lipinski definition) is 2. The molecule has 2 nitrogen and oxygen atoms in total. The zero-order valence-electron chi connectivity index (χ0n) is 7.53. The lowest BCUT2D eigenvalue weighted by molar-refractivity contribution is 0.104. The van der Waals surface area contributed by atoms with E-state index in [0.29, 0.717) is 23.8 Å². The van der Waals surface area contributed by atoms with Crippen LogP contribution in [-0.4, -0.2) is 17.8 Å². The lowest BCUT2D eigenvalue weighted by Crippen LogP contribution is -2.15. The molecule has 0 saturated heterocycles. The van der Waals surface area contributed by atoms with Crippen molar-refractivity contribution in [1.82, 2.24) is 0 Å². The second-order valence-corrected chi connectivity index (χ2v) is 3.27. The van der Waals surface area contributed by atoms with Gasteiger partial charge in [-0.15, -0.1) is 0 Å². The number of benzene rings is 1. The number of ether oxygens (including phenoxy) is 1. The predicted molar refractivity (Wildman–Crippen MR) is 53.2 cm³/mol. The van der Waals surface area contributed by atoms with Crippen LogP contribution < -0.4 is 4.74 Å². The summed E-state index contributed by atoms with van der Waals surface area (Å²) in [6.07, 6.45) is 0.291. The highest BCUT2D eigenvalue weighted by Crippen LogP contribution is 2.17. The molecular formula is C10H13ClO2. The van der Waals surface area contributed by atoms with Gasteiger partial charge in [0.2, 0.25) is 0 Å². The van der Waals surface area contributed by atoms with Crippen LogP contribution in [0.5, 0.6) is 5.75 Å². The highest BCUT2D eigenvalue weighted by molar-refractivity contribution is 6.30. The van der Waals surface area contributed by atoms with Gasteiger partial charge in [0.1, 0.15) is 12.4 Å². The van der Waals surface area contributed by atoms with E-state index in [-0.39, 0.29) is 0 Å². The lowest BCUT2D eigenvalue weighted by atomic mass is 10.3. The average Bonchev–Trinajstić information content (AvgIpc) is 2.14. The van der Waals surface area contributed by atoms with Gasteiger partial charge in [0, 0.05) is 5.02 Å². The van der Waals surface area contributed by atoms with Gasteiger partial charge in [-0.05, 0) is 24.6 Å². The fourth-order valence-electron chi connectivity index (χ4n) is 0.867. The van der Waals surface area contributed by atoms with Crippen molar-refractivity contribution in [2.24, 2.45) is 0 Å². The first-order chi connectivity index (χ1) is 6.22. The van der Waals surface area contributed by atoms with Gasteiger partial charge in [-0.3, -0.25) is 0 Å². The molecule has 0 radical (unpaired) electrons. The SMILES string of the molecule is CCC(O)COc1cccc(Cl)c1. The van der Waals surface area contributed by atoms with Crippen molar-refractivity contribution in [2.75, 3.05) is 6.61 Å². The van der Waals surface area contributed by atoms with Gasteiger partial charge in [0.05, 0.1) is 6.10 Å². The fourth-order valence-corrected chi connectivity index (χ4v) is 1.05. The van der Waals surface area contributed by atoms with E-state index in [9.17, 15) is 5.11 Å². The van der Waals surface area contributed by atoms with Crippen molar-refractivity contribution in [3.8, 4) is 5.75 Å². The largest absolute Gasteiger partial charge is 0.491 e. The third kappa shape index (κ3) is 3.66. The Bertz CT molecular complexity index is 263. The van der Waals surface area contributed by atoms with E-state index < -0.39 is 6.10 Å². The molecule has 1 unspecified atom stereocenters. The summed E-state index contributed by atoms with van der Waals surface area (Å²) in [7, 11) is 0. The molecule has 1 rings (SSSR count). The van der Waals surface area contributed by atoms with Gasteiger partial charge in [0.25, 0.3) is 0 Å². The summed E-state index contributed by atoms with van der Waals surface area (Å²) in [5.41, 5.74) is 0. The van der Waals surface area contributed by atoms with Crippen LogP contribution in [0.2, 0.25) is 5.02 Å². The summed E-state index contributed by atoms with van der Waals surface area (Å²) < 4.78 is 5.31. The second kappa shape index (κ2) is 5.10. The number of hydrogen-bond donors (Lipinski definition) is 1. The van der Waals surface area contributed by atoms with Crippen LogP contribution in [0.15, 0.2) is 24.3 Å². The molecule has 0 spiro atoms. The molecule has 1 aromatic rings. The molecule has 0 saturated carbocycles. The van der Waals surface area contributed by atoms with Crippen molar-refractivity contribution in [2.45, 2.75) is 19.4 Å². The molecule has 13 heavy (non-hydrogen) atoms. The average molecular weight is 201 g/mol. The Balaban J connectivity index is 2.45. The Morgan fingerprint density at radius 1 is 1.54 bits per heavy atom. The number of halogens is 1. The van der Waals surface area contributed by atoms with Crippen molar-refractivity contribution in [3.63, 3.8) is 0 Å². The van der Waals surface area contributed by atoms with Crippen LogP contribution in [0.25, 0.3) is 0 Å². The summed E-state index contributed by atoms with van der Waals surface area (Å²) in [6, 6.07) is 7.14. The molecule has 72 valence electrons. The Morgan fingerprint density at radius 3 is 2.92 bits per heavy atom. The van der Waals surface area contributed by atoms with Gasteiger partial charge in [-0.1, -0.05) is 24.6 Å². The van der Waals surface area contributed by atoms with Crippen molar-refractivity contribution >= 4 is 11.6 Å². The summed E-state index contributed by atoms with van der Waals surface area (Å²) >= 11 is 5.75. The highest BCUT2D eigenvalue weighted by Gasteiger charge is 2.01. The Kier molecular flexibility index (Phi) is 4.06. The maximum atomic E-state index is 9.23. The number of aliphatic hydroxyl groups excluding tert-OH is 1. The smallest absolute Gasteiger partial charge is 0.120 e. The van der Waals surface area contributed by atoms with E-state index in [1.54, 1.807) is 12.1 Å². The van der Waals surface area contributed by atoms with Crippen molar-refractivity contribution < 1.29 is 9.84 Å². The van der Waals surface area contributed by atoms with Crippen LogP contribution in [0, 0.1) is 0 Å². The monoisotopic (exact) mass is 200 g/mol. The van der Waals surface area contributed by atoms with E-state index in [1.165, 1.54) is 0 Å². The summed E-state index contributed by atoms with van der Waals surface area (Å²) in [5, 5.41) is 9.87. The Labute approximate surface area is 83.1 Å². The minimum atomic E-state index is -0.404. The van der Waals surface area contributed by atoms with Crippen molar-refractivity contribution in [3.05, 3.63) is 29.3 Å². The standard InChI is InChI=1S/C10H13ClO2/c1-2-9(12)7-13-10-5-3-4-8(11)6-10/h3-6,9,12H,2,7H2,1H3. The maximum absolute atomic E-state index is 9.23. The molecule has 0 aliphatic heterocycles. The van der Waals surface area contributed by atoms with Crippen LogP contribution in [0.1, 0.15) is 13.3 Å². The van der Waals surface area contributed by atoms with Crippen LogP contribution >= 0.6 is 11.6 Å². The predicted octanol–water partition coefficient (Wildman–Crippen LogP) is 2.49. The second-order valence-electron chi connectivity index (χ2n) is 2.83. The van der Waals surface area contributed by atoms with Gasteiger partial charge in [0.15, 0.2) is 0 Å². The molecular weight excluding hydrogens is 188 g/mol. The number of aliphatic hydroxyl groups is 1. The summed E-state index contributed by atoms with van der Waals surface area (Å²) in [5.74, 6) is 0.694. The highest BCUT2D eigenvalue weighted by atomic mass is 35.5. The van der Waals surface area contributed by atoms with Gasteiger partial charge < -0.3 is 9.84 Å². The Morgan fingerprint density at radius 2 is 2.31 bits per heavy atom. The molecule has 0 amide bonds. The lowest BCUT2D eigenvalue weighted by Gasteiger charge is -2.09. The maximum Gasteiger partial charge on any atom is 0.120 e. The molecule has 0 aliphatic carbocycles. The van der Waals surface area contributed by atoms with E-state index in [0.717, 1.165) is 0 Å². The fraction of sp³-hybridized carbons (Fsp3) is 0.400. The molecule has 1 atom stereocenters. The third-order valence-electron chi connectivity index (χ3n) is 1.71. The molecule has 0 aromatic heterocycles. The zero-order chi connectivity index (χ0) is 9.68. The molecule has 3 heteroatoms. The third-order valence-corrected chi connectivity index (χ3v) is 1.94.